The molecule has 1 aromatic rings. The lowest BCUT2D eigenvalue weighted by molar-refractivity contribution is 0.616. The van der Waals surface area contributed by atoms with E-state index in [4.69, 9.17) is 4.98 Å². The Hall–Kier alpha value is -0.610. The van der Waals surface area contributed by atoms with E-state index in [-0.39, 0.29) is 0 Å². The van der Waals surface area contributed by atoms with Crippen molar-refractivity contribution in [2.75, 3.05) is 11.4 Å². The highest BCUT2D eigenvalue weighted by Gasteiger charge is 2.26. The van der Waals surface area contributed by atoms with Gasteiger partial charge < -0.3 is 10.2 Å². The van der Waals surface area contributed by atoms with Gasteiger partial charge in [-0.2, -0.15) is 0 Å². The fourth-order valence-electron chi connectivity index (χ4n) is 3.34. The van der Waals surface area contributed by atoms with Crippen LogP contribution >= 0.6 is 11.3 Å². The van der Waals surface area contributed by atoms with Gasteiger partial charge in [0.15, 0.2) is 5.13 Å². The number of rotatable bonds is 7. The Bertz CT molecular complexity index is 459. The summed E-state index contributed by atoms with van der Waals surface area (Å²) in [5.74, 6) is 0.522. The van der Waals surface area contributed by atoms with Crippen LogP contribution in [0.3, 0.4) is 0 Å². The number of nitrogens with one attached hydrogen (secondary N) is 1. The Morgan fingerprint density at radius 1 is 1.24 bits per heavy atom. The molecule has 118 valence electrons. The minimum absolute atomic E-state index is 0.522. The van der Waals surface area contributed by atoms with Crippen molar-refractivity contribution in [1.29, 1.82) is 0 Å². The highest BCUT2D eigenvalue weighted by molar-refractivity contribution is 7.15. The molecule has 3 rings (SSSR count). The molecule has 0 saturated heterocycles. The van der Waals surface area contributed by atoms with Gasteiger partial charge in [-0.3, -0.25) is 0 Å². The molecule has 0 aliphatic heterocycles. The normalized spacial score (nSPS) is 19.6. The smallest absolute Gasteiger partial charge is 0.186 e. The monoisotopic (exact) mass is 307 g/mol. The lowest BCUT2D eigenvalue weighted by Gasteiger charge is -2.27. The summed E-state index contributed by atoms with van der Waals surface area (Å²) in [5, 5.41) is 4.92. The first-order valence-corrected chi connectivity index (χ1v) is 9.50. The fraction of sp³-hybridized carbons (Fsp3) is 0.824. The summed E-state index contributed by atoms with van der Waals surface area (Å²) in [6, 6.07) is 1.50. The molecule has 3 nitrogen and oxygen atoms in total. The standard InChI is InChI=1S/C17H29N3S/c1-4-20(14-7-5-6-8-14)17-19-16(12(2)3)15(21-17)11-18-13-9-10-13/h12-14,18H,4-11H2,1-3H3. The highest BCUT2D eigenvalue weighted by Crippen LogP contribution is 2.35. The quantitative estimate of drug-likeness (QED) is 0.814. The van der Waals surface area contributed by atoms with Crippen molar-refractivity contribution in [2.45, 2.75) is 83.8 Å². The molecule has 0 amide bonds. The van der Waals surface area contributed by atoms with Gasteiger partial charge in [-0.25, -0.2) is 4.98 Å². The van der Waals surface area contributed by atoms with Crippen LogP contribution in [0.1, 0.15) is 75.8 Å². The lowest BCUT2D eigenvalue weighted by Crippen LogP contribution is -2.32. The maximum Gasteiger partial charge on any atom is 0.186 e. The molecule has 0 unspecified atom stereocenters. The second-order valence-corrected chi connectivity index (χ2v) is 7.90. The molecular weight excluding hydrogens is 278 g/mol. The van der Waals surface area contributed by atoms with Gasteiger partial charge >= 0.3 is 0 Å². The molecule has 2 aliphatic carbocycles. The molecule has 0 atom stereocenters. The summed E-state index contributed by atoms with van der Waals surface area (Å²) in [5.41, 5.74) is 1.32. The van der Waals surface area contributed by atoms with Crippen molar-refractivity contribution in [3.8, 4) is 0 Å². The van der Waals surface area contributed by atoms with Crippen LogP contribution in [0, 0.1) is 0 Å². The van der Waals surface area contributed by atoms with Crippen molar-refractivity contribution in [3.05, 3.63) is 10.6 Å². The summed E-state index contributed by atoms with van der Waals surface area (Å²) in [4.78, 5) is 9.05. The maximum absolute atomic E-state index is 5.03. The van der Waals surface area contributed by atoms with Crippen molar-refractivity contribution in [1.82, 2.24) is 10.3 Å². The summed E-state index contributed by atoms with van der Waals surface area (Å²) in [6.45, 7) is 8.91. The third-order valence-corrected chi connectivity index (χ3v) is 5.85. The van der Waals surface area contributed by atoms with E-state index in [1.807, 2.05) is 11.3 Å². The number of hydrogen-bond acceptors (Lipinski definition) is 4. The molecule has 0 aromatic carbocycles. The van der Waals surface area contributed by atoms with Crippen LogP contribution in [0.15, 0.2) is 0 Å². The zero-order valence-corrected chi connectivity index (χ0v) is 14.5. The number of thiazole rings is 1. The minimum Gasteiger partial charge on any atom is -0.345 e. The molecule has 2 aliphatic rings. The van der Waals surface area contributed by atoms with Crippen molar-refractivity contribution < 1.29 is 0 Å². The van der Waals surface area contributed by atoms with E-state index in [0.717, 1.165) is 25.2 Å². The van der Waals surface area contributed by atoms with E-state index < -0.39 is 0 Å². The second-order valence-electron chi connectivity index (χ2n) is 6.84. The minimum atomic E-state index is 0.522. The molecular formula is C17H29N3S. The zero-order valence-electron chi connectivity index (χ0n) is 13.7. The molecule has 0 spiro atoms. The lowest BCUT2D eigenvalue weighted by atomic mass is 10.1. The molecule has 2 saturated carbocycles. The number of nitrogens with zero attached hydrogens (tertiary/aromatic N) is 2. The van der Waals surface area contributed by atoms with Crippen LogP contribution in [0.5, 0.6) is 0 Å². The number of hydrogen-bond donors (Lipinski definition) is 1. The largest absolute Gasteiger partial charge is 0.345 e. The number of anilines is 1. The van der Waals surface area contributed by atoms with E-state index in [1.54, 1.807) is 0 Å². The van der Waals surface area contributed by atoms with Crippen LogP contribution in [0.4, 0.5) is 5.13 Å². The van der Waals surface area contributed by atoms with Crippen LogP contribution < -0.4 is 10.2 Å². The molecule has 0 radical (unpaired) electrons. The summed E-state index contributed by atoms with van der Waals surface area (Å²) < 4.78 is 0. The average Bonchev–Trinajstić information content (AvgIpc) is 2.98. The molecule has 0 bridgehead atoms. The Kier molecular flexibility index (Phi) is 4.85. The molecule has 1 heterocycles. The van der Waals surface area contributed by atoms with Crippen molar-refractivity contribution in [3.63, 3.8) is 0 Å². The van der Waals surface area contributed by atoms with E-state index in [2.05, 4.69) is 31.0 Å². The van der Waals surface area contributed by atoms with Crippen LogP contribution in [0.2, 0.25) is 0 Å². The first-order valence-electron chi connectivity index (χ1n) is 8.68. The van der Waals surface area contributed by atoms with Crippen molar-refractivity contribution >= 4 is 16.5 Å². The van der Waals surface area contributed by atoms with E-state index in [9.17, 15) is 0 Å². The summed E-state index contributed by atoms with van der Waals surface area (Å²) in [6.07, 6.45) is 8.18. The second kappa shape index (κ2) is 6.66. The average molecular weight is 308 g/mol. The van der Waals surface area contributed by atoms with Gasteiger partial charge in [-0.1, -0.05) is 26.7 Å². The molecule has 2 fully saturated rings. The van der Waals surface area contributed by atoms with E-state index in [0.29, 0.717) is 5.92 Å². The topological polar surface area (TPSA) is 28.2 Å². The third kappa shape index (κ3) is 3.59. The highest BCUT2D eigenvalue weighted by atomic mass is 32.1. The van der Waals surface area contributed by atoms with Crippen LogP contribution in [-0.2, 0) is 6.54 Å². The van der Waals surface area contributed by atoms with Gasteiger partial charge in [0.25, 0.3) is 0 Å². The molecule has 1 N–H and O–H groups in total. The Morgan fingerprint density at radius 2 is 1.95 bits per heavy atom. The predicted octanol–water partition coefficient (Wildman–Crippen LogP) is 4.29. The van der Waals surface area contributed by atoms with Gasteiger partial charge in [-0.05, 0) is 38.5 Å². The van der Waals surface area contributed by atoms with Crippen LogP contribution in [-0.4, -0.2) is 23.6 Å². The SMILES string of the molecule is CCN(c1nc(C(C)C)c(CNC2CC2)s1)C1CCCC1. The Balaban J connectivity index is 1.77. The maximum atomic E-state index is 5.03. The first-order chi connectivity index (χ1) is 10.2. The molecule has 4 heteroatoms. The van der Waals surface area contributed by atoms with Crippen LogP contribution in [0.25, 0.3) is 0 Å². The first kappa shape index (κ1) is 15.3. The third-order valence-electron chi connectivity index (χ3n) is 4.74. The zero-order chi connectivity index (χ0) is 14.8. The van der Waals surface area contributed by atoms with Gasteiger partial charge in [0, 0.05) is 30.1 Å². The fourth-order valence-corrected chi connectivity index (χ4v) is 4.64. The van der Waals surface area contributed by atoms with E-state index >= 15 is 0 Å². The van der Waals surface area contributed by atoms with Gasteiger partial charge in [-0.15, -0.1) is 11.3 Å². The van der Waals surface area contributed by atoms with Gasteiger partial charge in [0.2, 0.25) is 0 Å². The molecule has 21 heavy (non-hydrogen) atoms. The summed E-state index contributed by atoms with van der Waals surface area (Å²) >= 11 is 1.93. The molecule has 1 aromatic heterocycles. The van der Waals surface area contributed by atoms with Crippen molar-refractivity contribution in [2.24, 2.45) is 0 Å². The Labute approximate surface area is 133 Å². The Morgan fingerprint density at radius 3 is 2.52 bits per heavy atom. The van der Waals surface area contributed by atoms with Gasteiger partial charge in [0.05, 0.1) is 5.69 Å². The predicted molar refractivity (Wildman–Crippen MR) is 91.3 cm³/mol. The van der Waals surface area contributed by atoms with E-state index in [1.165, 1.54) is 54.2 Å². The number of aromatic nitrogens is 1. The summed E-state index contributed by atoms with van der Waals surface area (Å²) in [7, 11) is 0. The van der Waals surface area contributed by atoms with Gasteiger partial charge in [0.1, 0.15) is 0 Å².